The van der Waals surface area contributed by atoms with Gasteiger partial charge in [0.2, 0.25) is 0 Å². The molecule has 2 aliphatic rings. The van der Waals surface area contributed by atoms with Gasteiger partial charge in [-0.1, -0.05) is 12.8 Å². The highest BCUT2D eigenvalue weighted by Crippen LogP contribution is 2.31. The Bertz CT molecular complexity index is 306. The smallest absolute Gasteiger partial charge is 0.190 e. The van der Waals surface area contributed by atoms with Crippen molar-refractivity contribution in [3.05, 3.63) is 0 Å². The van der Waals surface area contributed by atoms with Crippen molar-refractivity contribution >= 4 is 29.9 Å². The Morgan fingerprint density at radius 3 is 2.50 bits per heavy atom. The highest BCUT2D eigenvalue weighted by Gasteiger charge is 2.20. The van der Waals surface area contributed by atoms with Gasteiger partial charge in [0.05, 0.1) is 0 Å². The average molecular weight is 425 g/mol. The van der Waals surface area contributed by atoms with Gasteiger partial charge in [-0.25, -0.2) is 0 Å². The predicted octanol–water partition coefficient (Wildman–Crippen LogP) is 2.40. The van der Waals surface area contributed by atoms with Crippen molar-refractivity contribution in [2.45, 2.75) is 38.5 Å². The van der Waals surface area contributed by atoms with Crippen molar-refractivity contribution in [3.8, 4) is 0 Å². The van der Waals surface area contributed by atoms with Crippen molar-refractivity contribution in [2.24, 2.45) is 16.8 Å². The van der Waals surface area contributed by atoms with Crippen LogP contribution in [0.3, 0.4) is 0 Å². The van der Waals surface area contributed by atoms with Crippen LogP contribution < -0.4 is 10.6 Å². The van der Waals surface area contributed by atoms with Crippen molar-refractivity contribution in [1.29, 1.82) is 0 Å². The lowest BCUT2D eigenvalue weighted by molar-refractivity contribution is 0.0203. The minimum absolute atomic E-state index is 0. The van der Waals surface area contributed by atoms with Crippen molar-refractivity contribution in [2.75, 3.05) is 46.6 Å². The van der Waals surface area contributed by atoms with E-state index in [1.54, 1.807) is 0 Å². The molecule has 0 aromatic rings. The zero-order chi connectivity index (χ0) is 14.8. The third-order valence-electron chi connectivity index (χ3n) is 4.22. The molecule has 2 rings (SSSR count). The number of hydrogen-bond acceptors (Lipinski definition) is 3. The van der Waals surface area contributed by atoms with Crippen LogP contribution in [0.2, 0.25) is 0 Å². The van der Waals surface area contributed by atoms with Gasteiger partial charge >= 0.3 is 0 Å². The summed E-state index contributed by atoms with van der Waals surface area (Å²) >= 11 is 0. The molecule has 0 radical (unpaired) electrons. The average Bonchev–Trinajstić information content (AvgIpc) is 3.34. The summed E-state index contributed by atoms with van der Waals surface area (Å²) in [5, 5.41) is 6.71. The number of aliphatic imine (C=N–C) groups is 1. The molecule has 0 aromatic heterocycles. The lowest BCUT2D eigenvalue weighted by Gasteiger charge is -2.21. The standard InChI is InChI=1S/C16H31N3O2.HI/c1-17-16(19-9-5-14-3-4-14)18-8-2-10-21-13-15-6-11-20-12-7-15;/h14-15H,2-13H2,1H3,(H2,17,18,19);1H. The van der Waals surface area contributed by atoms with Gasteiger partial charge < -0.3 is 20.1 Å². The molecule has 0 amide bonds. The molecule has 1 aliphatic heterocycles. The maximum absolute atomic E-state index is 5.75. The molecule has 22 heavy (non-hydrogen) atoms. The molecular weight excluding hydrogens is 393 g/mol. The first-order chi connectivity index (χ1) is 10.4. The third-order valence-corrected chi connectivity index (χ3v) is 4.22. The number of rotatable bonds is 9. The van der Waals surface area contributed by atoms with E-state index in [1.165, 1.54) is 19.3 Å². The molecule has 130 valence electrons. The first kappa shape index (κ1) is 20.0. The monoisotopic (exact) mass is 425 g/mol. The largest absolute Gasteiger partial charge is 0.381 e. The molecule has 1 saturated heterocycles. The van der Waals surface area contributed by atoms with E-state index in [2.05, 4.69) is 15.6 Å². The fraction of sp³-hybridized carbons (Fsp3) is 0.938. The molecular formula is C16H32IN3O2. The fourth-order valence-electron chi connectivity index (χ4n) is 2.57. The summed E-state index contributed by atoms with van der Waals surface area (Å²) in [4.78, 5) is 4.24. The maximum atomic E-state index is 5.75. The van der Waals surface area contributed by atoms with Crippen LogP contribution in [-0.4, -0.2) is 52.5 Å². The number of nitrogens with zero attached hydrogens (tertiary/aromatic N) is 1. The van der Waals surface area contributed by atoms with Crippen LogP contribution in [0.1, 0.15) is 38.5 Å². The summed E-state index contributed by atoms with van der Waals surface area (Å²) < 4.78 is 11.1. The van der Waals surface area contributed by atoms with Crippen LogP contribution in [0.5, 0.6) is 0 Å². The van der Waals surface area contributed by atoms with E-state index in [1.807, 2.05) is 7.05 Å². The lowest BCUT2D eigenvalue weighted by Crippen LogP contribution is -2.38. The highest BCUT2D eigenvalue weighted by molar-refractivity contribution is 14.0. The van der Waals surface area contributed by atoms with Crippen molar-refractivity contribution in [3.63, 3.8) is 0 Å². The molecule has 1 heterocycles. The SMILES string of the molecule is CN=C(NCCCOCC1CCOCC1)NCCC1CC1.I. The number of guanidine groups is 1. The van der Waals surface area contributed by atoms with E-state index < -0.39 is 0 Å². The van der Waals surface area contributed by atoms with E-state index in [0.29, 0.717) is 5.92 Å². The van der Waals surface area contributed by atoms with Gasteiger partial charge in [0, 0.05) is 46.6 Å². The van der Waals surface area contributed by atoms with Gasteiger partial charge in [0.15, 0.2) is 5.96 Å². The molecule has 0 aromatic carbocycles. The summed E-state index contributed by atoms with van der Waals surface area (Å²) in [6.07, 6.45) is 7.42. The summed E-state index contributed by atoms with van der Waals surface area (Å²) in [5.74, 6) is 2.58. The van der Waals surface area contributed by atoms with E-state index in [4.69, 9.17) is 9.47 Å². The van der Waals surface area contributed by atoms with Crippen LogP contribution >= 0.6 is 24.0 Å². The Kier molecular flexibility index (Phi) is 11.2. The molecule has 0 spiro atoms. The first-order valence-corrected chi connectivity index (χ1v) is 8.48. The Hall–Kier alpha value is -0.0800. The van der Waals surface area contributed by atoms with Gasteiger partial charge in [0.25, 0.3) is 0 Å². The van der Waals surface area contributed by atoms with Crippen LogP contribution in [0, 0.1) is 11.8 Å². The van der Waals surface area contributed by atoms with Gasteiger partial charge in [-0.3, -0.25) is 4.99 Å². The molecule has 2 fully saturated rings. The molecule has 6 heteroatoms. The summed E-state index contributed by atoms with van der Waals surface area (Å²) in [6.45, 7) is 5.46. The normalized spacial score (nSPS) is 19.6. The molecule has 0 bridgehead atoms. The van der Waals surface area contributed by atoms with Crippen LogP contribution in [0.15, 0.2) is 4.99 Å². The minimum Gasteiger partial charge on any atom is -0.381 e. The Morgan fingerprint density at radius 2 is 1.82 bits per heavy atom. The molecule has 1 saturated carbocycles. The van der Waals surface area contributed by atoms with Crippen LogP contribution in [0.25, 0.3) is 0 Å². The number of ether oxygens (including phenoxy) is 2. The van der Waals surface area contributed by atoms with Gasteiger partial charge in [-0.15, -0.1) is 24.0 Å². The van der Waals surface area contributed by atoms with Crippen molar-refractivity contribution < 1.29 is 9.47 Å². The molecule has 5 nitrogen and oxygen atoms in total. The third kappa shape index (κ3) is 9.15. The molecule has 1 aliphatic carbocycles. The summed E-state index contributed by atoms with van der Waals surface area (Å²) in [5.41, 5.74) is 0. The van der Waals surface area contributed by atoms with E-state index in [-0.39, 0.29) is 24.0 Å². The fourth-order valence-corrected chi connectivity index (χ4v) is 2.57. The maximum Gasteiger partial charge on any atom is 0.190 e. The van der Waals surface area contributed by atoms with Crippen LogP contribution in [-0.2, 0) is 9.47 Å². The second-order valence-electron chi connectivity index (χ2n) is 6.14. The summed E-state index contributed by atoms with van der Waals surface area (Å²) in [6, 6.07) is 0. The Labute approximate surface area is 152 Å². The number of nitrogens with one attached hydrogen (secondary N) is 2. The zero-order valence-corrected chi connectivity index (χ0v) is 16.1. The number of hydrogen-bond donors (Lipinski definition) is 2. The highest BCUT2D eigenvalue weighted by atomic mass is 127. The molecule has 2 N–H and O–H groups in total. The molecule has 0 unspecified atom stereocenters. The quantitative estimate of drug-likeness (QED) is 0.258. The van der Waals surface area contributed by atoms with Crippen LogP contribution in [0.4, 0.5) is 0 Å². The Morgan fingerprint density at radius 1 is 1.09 bits per heavy atom. The predicted molar refractivity (Wildman–Crippen MR) is 101 cm³/mol. The van der Waals surface area contributed by atoms with E-state index >= 15 is 0 Å². The van der Waals surface area contributed by atoms with Gasteiger partial charge in [0.1, 0.15) is 0 Å². The molecule has 0 atom stereocenters. The van der Waals surface area contributed by atoms with Gasteiger partial charge in [-0.05, 0) is 37.5 Å². The van der Waals surface area contributed by atoms with E-state index in [9.17, 15) is 0 Å². The number of halogens is 1. The van der Waals surface area contributed by atoms with E-state index in [0.717, 1.165) is 70.7 Å². The minimum atomic E-state index is 0. The second-order valence-corrected chi connectivity index (χ2v) is 6.14. The second kappa shape index (κ2) is 12.4. The zero-order valence-electron chi connectivity index (χ0n) is 13.8. The summed E-state index contributed by atoms with van der Waals surface area (Å²) in [7, 11) is 1.83. The first-order valence-electron chi connectivity index (χ1n) is 8.48. The van der Waals surface area contributed by atoms with Crippen molar-refractivity contribution in [1.82, 2.24) is 10.6 Å². The van der Waals surface area contributed by atoms with Gasteiger partial charge in [-0.2, -0.15) is 0 Å². The Balaban J connectivity index is 0.00000242. The topological polar surface area (TPSA) is 54.9 Å². The lowest BCUT2D eigenvalue weighted by atomic mass is 10.0.